The van der Waals surface area contributed by atoms with Crippen LogP contribution in [0.3, 0.4) is 0 Å². The summed E-state index contributed by atoms with van der Waals surface area (Å²) in [5.74, 6) is 2.08. The lowest BCUT2D eigenvalue weighted by atomic mass is 10.1. The van der Waals surface area contributed by atoms with Gasteiger partial charge in [-0.25, -0.2) is 4.98 Å². The van der Waals surface area contributed by atoms with E-state index in [0.29, 0.717) is 11.8 Å². The van der Waals surface area contributed by atoms with E-state index in [4.69, 9.17) is 16.6 Å². The number of hydrogen-bond donors (Lipinski definition) is 0. The van der Waals surface area contributed by atoms with Crippen molar-refractivity contribution >= 4 is 17.4 Å². The van der Waals surface area contributed by atoms with Crippen molar-refractivity contribution in [2.45, 2.75) is 52.3 Å². The second kappa shape index (κ2) is 7.63. The zero-order valence-electron chi connectivity index (χ0n) is 12.0. The first kappa shape index (κ1) is 15.3. The number of aromatic nitrogens is 1. The van der Waals surface area contributed by atoms with E-state index >= 15 is 0 Å². The summed E-state index contributed by atoms with van der Waals surface area (Å²) in [6, 6.07) is 4.25. The van der Waals surface area contributed by atoms with Gasteiger partial charge in [-0.05, 0) is 36.5 Å². The van der Waals surface area contributed by atoms with Crippen LogP contribution in [0.2, 0.25) is 0 Å². The van der Waals surface area contributed by atoms with Crippen molar-refractivity contribution < 1.29 is 0 Å². The summed E-state index contributed by atoms with van der Waals surface area (Å²) < 4.78 is 0. The van der Waals surface area contributed by atoms with Gasteiger partial charge in [0.25, 0.3) is 0 Å². The molecule has 0 spiro atoms. The van der Waals surface area contributed by atoms with Crippen molar-refractivity contribution in [2.24, 2.45) is 0 Å². The van der Waals surface area contributed by atoms with Gasteiger partial charge >= 0.3 is 0 Å². The predicted octanol–water partition coefficient (Wildman–Crippen LogP) is 4.57. The lowest BCUT2D eigenvalue weighted by molar-refractivity contribution is 0.723. The topological polar surface area (TPSA) is 16.1 Å². The van der Waals surface area contributed by atoms with Gasteiger partial charge in [0.05, 0.1) is 0 Å². The van der Waals surface area contributed by atoms with Crippen molar-refractivity contribution in [1.82, 2.24) is 4.98 Å². The van der Waals surface area contributed by atoms with E-state index in [1.807, 2.05) is 0 Å². The second-order valence-corrected chi connectivity index (χ2v) is 5.30. The zero-order chi connectivity index (χ0) is 13.5. The van der Waals surface area contributed by atoms with Crippen LogP contribution in [0.15, 0.2) is 12.1 Å². The molecule has 3 heteroatoms. The fourth-order valence-corrected chi connectivity index (χ4v) is 2.16. The number of hydrogen-bond acceptors (Lipinski definition) is 2. The van der Waals surface area contributed by atoms with Crippen LogP contribution in [0.25, 0.3) is 0 Å². The average Bonchev–Trinajstić information content (AvgIpc) is 2.37. The maximum absolute atomic E-state index is 5.99. The van der Waals surface area contributed by atoms with E-state index in [9.17, 15) is 0 Å². The third-order valence-corrected chi connectivity index (χ3v) is 3.26. The smallest absolute Gasteiger partial charge is 0.129 e. The lowest BCUT2D eigenvalue weighted by Gasteiger charge is -2.24. The monoisotopic (exact) mass is 268 g/mol. The van der Waals surface area contributed by atoms with E-state index in [1.54, 1.807) is 0 Å². The van der Waals surface area contributed by atoms with Crippen LogP contribution >= 0.6 is 11.6 Å². The van der Waals surface area contributed by atoms with Gasteiger partial charge in [0, 0.05) is 24.7 Å². The minimum atomic E-state index is 0.442. The highest BCUT2D eigenvalue weighted by molar-refractivity contribution is 6.17. The quantitative estimate of drug-likeness (QED) is 0.674. The third-order valence-electron chi connectivity index (χ3n) is 2.95. The van der Waals surface area contributed by atoms with Crippen LogP contribution in [0.1, 0.15) is 57.7 Å². The molecule has 1 heterocycles. The summed E-state index contributed by atoms with van der Waals surface area (Å²) >= 11 is 5.99. The Kier molecular flexibility index (Phi) is 6.48. The van der Waals surface area contributed by atoms with Gasteiger partial charge in [0.2, 0.25) is 0 Å². The molecule has 0 N–H and O–H groups in total. The van der Waals surface area contributed by atoms with E-state index in [0.717, 1.165) is 37.4 Å². The molecular formula is C15H25ClN2. The minimum absolute atomic E-state index is 0.442. The molecule has 1 aromatic rings. The fourth-order valence-electron chi connectivity index (χ4n) is 2.01. The van der Waals surface area contributed by atoms with Crippen LogP contribution < -0.4 is 4.90 Å². The number of anilines is 1. The Hall–Kier alpha value is -0.760. The molecule has 0 unspecified atom stereocenters. The van der Waals surface area contributed by atoms with Gasteiger partial charge < -0.3 is 4.90 Å². The maximum Gasteiger partial charge on any atom is 0.129 e. The first-order valence-corrected chi connectivity index (χ1v) is 7.47. The van der Waals surface area contributed by atoms with Crippen molar-refractivity contribution in [2.75, 3.05) is 18.0 Å². The summed E-state index contributed by atoms with van der Waals surface area (Å²) in [6.45, 7) is 10.9. The van der Waals surface area contributed by atoms with Gasteiger partial charge in [-0.1, -0.05) is 27.7 Å². The molecule has 0 atom stereocenters. The van der Waals surface area contributed by atoms with E-state index in [-0.39, 0.29) is 0 Å². The molecule has 0 aliphatic rings. The van der Waals surface area contributed by atoms with Gasteiger partial charge in [0.15, 0.2) is 0 Å². The molecule has 0 aromatic carbocycles. The van der Waals surface area contributed by atoms with Crippen LogP contribution in [-0.2, 0) is 5.88 Å². The number of halogens is 1. The molecule has 0 bridgehead atoms. The predicted molar refractivity (Wildman–Crippen MR) is 80.7 cm³/mol. The lowest BCUT2D eigenvalue weighted by Crippen LogP contribution is -2.26. The first-order valence-electron chi connectivity index (χ1n) is 6.94. The molecule has 1 rings (SSSR count). The van der Waals surface area contributed by atoms with Gasteiger partial charge in [-0.15, -0.1) is 11.6 Å². The van der Waals surface area contributed by atoms with Crippen LogP contribution in [0.4, 0.5) is 5.82 Å². The minimum Gasteiger partial charge on any atom is -0.357 e. The molecule has 1 aromatic heterocycles. The molecule has 0 aliphatic heterocycles. The Morgan fingerprint density at radius 1 is 1.17 bits per heavy atom. The van der Waals surface area contributed by atoms with Gasteiger partial charge in [0.1, 0.15) is 5.82 Å². The first-order chi connectivity index (χ1) is 8.62. The molecular weight excluding hydrogens is 244 g/mol. The molecule has 0 saturated carbocycles. The molecule has 0 radical (unpaired) electrons. The standard InChI is InChI=1S/C15H25ClN2/c1-5-7-18(8-6-2)15-10-13(11-16)9-14(17-15)12(3)4/h9-10,12H,5-8,11H2,1-4H3. The average molecular weight is 269 g/mol. The molecule has 0 saturated heterocycles. The van der Waals surface area contributed by atoms with Crippen molar-refractivity contribution in [3.63, 3.8) is 0 Å². The second-order valence-electron chi connectivity index (χ2n) is 5.03. The Labute approximate surface area is 116 Å². The van der Waals surface area contributed by atoms with E-state index < -0.39 is 0 Å². The highest BCUT2D eigenvalue weighted by Gasteiger charge is 2.11. The Balaban J connectivity index is 3.07. The largest absolute Gasteiger partial charge is 0.357 e. The zero-order valence-corrected chi connectivity index (χ0v) is 12.8. The molecule has 0 amide bonds. The SMILES string of the molecule is CCCN(CCC)c1cc(CCl)cc(C(C)C)n1. The molecule has 0 aliphatic carbocycles. The highest BCUT2D eigenvalue weighted by Crippen LogP contribution is 2.21. The summed E-state index contributed by atoms with van der Waals surface area (Å²) in [6.07, 6.45) is 2.29. The molecule has 18 heavy (non-hydrogen) atoms. The molecule has 2 nitrogen and oxygen atoms in total. The Morgan fingerprint density at radius 2 is 1.78 bits per heavy atom. The summed E-state index contributed by atoms with van der Waals surface area (Å²) in [5.41, 5.74) is 2.31. The third kappa shape index (κ3) is 4.16. The Morgan fingerprint density at radius 3 is 2.22 bits per heavy atom. The fraction of sp³-hybridized carbons (Fsp3) is 0.667. The maximum atomic E-state index is 5.99. The molecule has 102 valence electrons. The van der Waals surface area contributed by atoms with Crippen LogP contribution in [-0.4, -0.2) is 18.1 Å². The van der Waals surface area contributed by atoms with Crippen molar-refractivity contribution in [1.29, 1.82) is 0 Å². The highest BCUT2D eigenvalue weighted by atomic mass is 35.5. The van der Waals surface area contributed by atoms with Gasteiger partial charge in [-0.2, -0.15) is 0 Å². The van der Waals surface area contributed by atoms with Crippen molar-refractivity contribution in [3.05, 3.63) is 23.4 Å². The normalized spacial score (nSPS) is 11.0. The van der Waals surface area contributed by atoms with Gasteiger partial charge in [-0.3, -0.25) is 0 Å². The summed E-state index contributed by atoms with van der Waals surface area (Å²) in [7, 11) is 0. The molecule has 0 fully saturated rings. The Bertz CT molecular complexity index is 358. The summed E-state index contributed by atoms with van der Waals surface area (Å²) in [4.78, 5) is 7.15. The number of rotatable bonds is 7. The van der Waals surface area contributed by atoms with E-state index in [1.165, 1.54) is 5.56 Å². The van der Waals surface area contributed by atoms with Crippen LogP contribution in [0.5, 0.6) is 0 Å². The number of nitrogens with zero attached hydrogens (tertiary/aromatic N) is 2. The van der Waals surface area contributed by atoms with Crippen LogP contribution in [0, 0.1) is 0 Å². The van der Waals surface area contributed by atoms with Crippen molar-refractivity contribution in [3.8, 4) is 0 Å². The number of pyridine rings is 1. The summed E-state index contributed by atoms with van der Waals surface area (Å²) in [5, 5.41) is 0. The number of alkyl halides is 1. The van der Waals surface area contributed by atoms with E-state index in [2.05, 4.69) is 44.7 Å².